The lowest BCUT2D eigenvalue weighted by Crippen LogP contribution is -1.77. The van der Waals surface area contributed by atoms with Gasteiger partial charge in [0.05, 0.1) is 0 Å². The minimum atomic E-state index is 0.468. The van der Waals surface area contributed by atoms with Crippen LogP contribution < -0.4 is 0 Å². The molecule has 120 valence electrons. The van der Waals surface area contributed by atoms with Crippen molar-refractivity contribution in [1.82, 2.24) is 9.97 Å². The van der Waals surface area contributed by atoms with E-state index >= 15 is 0 Å². The van der Waals surface area contributed by atoms with Crippen LogP contribution in [0.5, 0.6) is 0 Å². The van der Waals surface area contributed by atoms with Gasteiger partial charge in [-0.2, -0.15) is 0 Å². The van der Waals surface area contributed by atoms with E-state index in [4.69, 9.17) is 46.4 Å². The molecule has 0 spiro atoms. The summed E-state index contributed by atoms with van der Waals surface area (Å²) in [6.07, 6.45) is 3.42. The molecule has 0 fully saturated rings. The number of benzene rings is 2. The molecule has 0 radical (unpaired) electrons. The van der Waals surface area contributed by atoms with Gasteiger partial charge in [-0.05, 0) is 24.3 Å². The third kappa shape index (κ3) is 3.90. The van der Waals surface area contributed by atoms with Crippen molar-refractivity contribution in [2.24, 2.45) is 0 Å². The van der Waals surface area contributed by atoms with Crippen LogP contribution in [-0.2, 0) is 0 Å². The van der Waals surface area contributed by atoms with E-state index in [0.717, 1.165) is 21.5 Å². The summed E-state index contributed by atoms with van der Waals surface area (Å²) >= 11 is 23.3. The molecule has 0 aliphatic carbocycles. The van der Waals surface area contributed by atoms with Gasteiger partial charge in [0, 0.05) is 44.0 Å². The van der Waals surface area contributed by atoms with E-state index < -0.39 is 0 Å². The quantitative estimate of drug-likeness (QED) is 0.297. The highest BCUT2D eigenvalue weighted by atomic mass is 35.5. The molecule has 0 saturated heterocycles. The highest BCUT2D eigenvalue weighted by Gasteiger charge is 1.99. The zero-order valence-electron chi connectivity index (χ0n) is 12.2. The Balaban J connectivity index is 0.000000141. The smallest absolute Gasteiger partial charge is 0.129 e. The van der Waals surface area contributed by atoms with Crippen LogP contribution in [0.4, 0.5) is 0 Å². The van der Waals surface area contributed by atoms with Crippen LogP contribution in [0.3, 0.4) is 0 Å². The molecule has 0 saturated carbocycles. The minimum absolute atomic E-state index is 0.468. The van der Waals surface area contributed by atoms with Gasteiger partial charge in [0.1, 0.15) is 10.3 Å². The van der Waals surface area contributed by atoms with Crippen LogP contribution >= 0.6 is 46.4 Å². The van der Waals surface area contributed by atoms with E-state index in [-0.39, 0.29) is 0 Å². The highest BCUT2D eigenvalue weighted by molar-refractivity contribution is 6.37. The van der Waals surface area contributed by atoms with E-state index in [2.05, 4.69) is 9.97 Å². The molecule has 2 nitrogen and oxygen atoms in total. The lowest BCUT2D eigenvalue weighted by atomic mass is 10.2. The van der Waals surface area contributed by atoms with Crippen molar-refractivity contribution >= 4 is 67.9 Å². The van der Waals surface area contributed by atoms with Crippen LogP contribution in [0, 0.1) is 0 Å². The number of hydrogen-bond acceptors (Lipinski definition) is 2. The van der Waals surface area contributed by atoms with Crippen molar-refractivity contribution in [2.45, 2.75) is 0 Å². The van der Waals surface area contributed by atoms with E-state index in [1.165, 1.54) is 0 Å². The fourth-order valence-corrected chi connectivity index (χ4v) is 3.00. The standard InChI is InChI=1S/2C9H5Cl2N/c2*10-8-3-1-2-6-5-12-9(11)4-7(6)8/h2*1-5H. The average Bonchev–Trinajstić information content (AvgIpc) is 2.57. The maximum atomic E-state index is 5.94. The van der Waals surface area contributed by atoms with Crippen molar-refractivity contribution in [2.75, 3.05) is 0 Å². The largest absolute Gasteiger partial charge is 0.244 e. The number of fused-ring (bicyclic) bond motifs is 2. The van der Waals surface area contributed by atoms with Crippen LogP contribution in [0.2, 0.25) is 20.4 Å². The summed E-state index contributed by atoms with van der Waals surface area (Å²) in [6.45, 7) is 0. The topological polar surface area (TPSA) is 25.8 Å². The molecule has 0 aliphatic rings. The van der Waals surface area contributed by atoms with Gasteiger partial charge in [0.25, 0.3) is 0 Å². The maximum absolute atomic E-state index is 5.94. The average molecular weight is 396 g/mol. The number of rotatable bonds is 0. The first-order valence-electron chi connectivity index (χ1n) is 6.94. The molecule has 2 aromatic carbocycles. The Hall–Kier alpha value is -1.58. The van der Waals surface area contributed by atoms with Crippen LogP contribution in [0.1, 0.15) is 0 Å². The van der Waals surface area contributed by atoms with E-state index in [1.807, 2.05) is 36.4 Å². The van der Waals surface area contributed by atoms with Crippen molar-refractivity contribution in [3.63, 3.8) is 0 Å². The summed E-state index contributed by atoms with van der Waals surface area (Å²) in [6, 6.07) is 14.9. The third-order valence-corrected chi connectivity index (χ3v) is 4.43. The molecule has 0 atom stereocenters. The second kappa shape index (κ2) is 7.54. The van der Waals surface area contributed by atoms with Crippen LogP contribution in [0.25, 0.3) is 21.5 Å². The molecule has 24 heavy (non-hydrogen) atoms. The number of pyridine rings is 2. The molecule has 0 amide bonds. The van der Waals surface area contributed by atoms with E-state index in [9.17, 15) is 0 Å². The molecular weight excluding hydrogens is 386 g/mol. The Bertz CT molecular complexity index is 935. The first-order valence-corrected chi connectivity index (χ1v) is 8.45. The van der Waals surface area contributed by atoms with E-state index in [0.29, 0.717) is 20.4 Å². The van der Waals surface area contributed by atoms with E-state index in [1.54, 1.807) is 24.5 Å². The predicted octanol–water partition coefficient (Wildman–Crippen LogP) is 7.08. The SMILES string of the molecule is Clc1cc2c(Cl)cccc2cn1.Clc1cc2c(Cl)cccc2cn1. The molecule has 2 heterocycles. The minimum Gasteiger partial charge on any atom is -0.244 e. The molecule has 0 N–H and O–H groups in total. The van der Waals surface area contributed by atoms with Gasteiger partial charge in [0.2, 0.25) is 0 Å². The van der Waals surface area contributed by atoms with Crippen LogP contribution in [0.15, 0.2) is 60.9 Å². The van der Waals surface area contributed by atoms with Gasteiger partial charge in [-0.3, -0.25) is 0 Å². The second-order valence-corrected chi connectivity index (χ2v) is 6.52. The lowest BCUT2D eigenvalue weighted by molar-refractivity contribution is 1.36. The molecule has 0 bridgehead atoms. The lowest BCUT2D eigenvalue weighted by Gasteiger charge is -1.98. The highest BCUT2D eigenvalue weighted by Crippen LogP contribution is 2.25. The summed E-state index contributed by atoms with van der Waals surface area (Å²) in [5.41, 5.74) is 0. The summed E-state index contributed by atoms with van der Waals surface area (Å²) in [4.78, 5) is 7.91. The molecule has 4 aromatic rings. The summed E-state index contributed by atoms with van der Waals surface area (Å²) < 4.78 is 0. The van der Waals surface area contributed by atoms with Crippen LogP contribution in [-0.4, -0.2) is 9.97 Å². The summed E-state index contributed by atoms with van der Waals surface area (Å²) in [7, 11) is 0. The molecular formula is C18H10Cl4N2. The zero-order chi connectivity index (χ0) is 17.1. The molecule has 0 unspecified atom stereocenters. The van der Waals surface area contributed by atoms with Crippen molar-refractivity contribution < 1.29 is 0 Å². The van der Waals surface area contributed by atoms with Gasteiger partial charge in [0.15, 0.2) is 0 Å². The monoisotopic (exact) mass is 394 g/mol. The first-order chi connectivity index (χ1) is 11.5. The zero-order valence-corrected chi connectivity index (χ0v) is 15.2. The Morgan fingerprint density at radius 3 is 1.42 bits per heavy atom. The normalized spacial score (nSPS) is 10.5. The Morgan fingerprint density at radius 1 is 0.583 bits per heavy atom. The van der Waals surface area contributed by atoms with Crippen molar-refractivity contribution in [3.8, 4) is 0 Å². The molecule has 0 aliphatic heterocycles. The van der Waals surface area contributed by atoms with Gasteiger partial charge in [-0.1, -0.05) is 70.7 Å². The van der Waals surface area contributed by atoms with Gasteiger partial charge in [-0.25, -0.2) is 9.97 Å². The fraction of sp³-hybridized carbons (Fsp3) is 0. The first kappa shape index (κ1) is 17.2. The Kier molecular flexibility index (Phi) is 5.42. The van der Waals surface area contributed by atoms with Crippen molar-refractivity contribution in [1.29, 1.82) is 0 Å². The number of hydrogen-bond donors (Lipinski definition) is 0. The molecule has 4 rings (SSSR count). The van der Waals surface area contributed by atoms with Gasteiger partial charge >= 0.3 is 0 Å². The molecule has 6 heteroatoms. The van der Waals surface area contributed by atoms with Gasteiger partial charge in [-0.15, -0.1) is 0 Å². The summed E-state index contributed by atoms with van der Waals surface area (Å²) in [5, 5.41) is 6.25. The number of aromatic nitrogens is 2. The second-order valence-electron chi connectivity index (χ2n) is 4.94. The maximum Gasteiger partial charge on any atom is 0.129 e. The number of halogens is 4. The predicted molar refractivity (Wildman–Crippen MR) is 104 cm³/mol. The molecule has 2 aromatic heterocycles. The summed E-state index contributed by atoms with van der Waals surface area (Å²) in [5.74, 6) is 0. The van der Waals surface area contributed by atoms with Gasteiger partial charge < -0.3 is 0 Å². The fourth-order valence-electron chi connectivity index (χ4n) is 2.21. The van der Waals surface area contributed by atoms with Crippen molar-refractivity contribution in [3.05, 3.63) is 81.3 Å². The number of nitrogens with zero attached hydrogens (tertiary/aromatic N) is 2. The Labute approximate surface area is 159 Å². The Morgan fingerprint density at radius 2 is 1.00 bits per heavy atom. The third-order valence-electron chi connectivity index (χ3n) is 3.35.